The molecule has 2 rings (SSSR count). The lowest BCUT2D eigenvalue weighted by Gasteiger charge is -2.11. The van der Waals surface area contributed by atoms with Crippen LogP contribution in [0.1, 0.15) is 24.8 Å². The highest BCUT2D eigenvalue weighted by atomic mass is 16.5. The molecule has 94 valence electrons. The quantitative estimate of drug-likeness (QED) is 0.563. The molecular formula is C14H22N2O. The summed E-state index contributed by atoms with van der Waals surface area (Å²) in [5.41, 5.74) is 8.96. The molecule has 17 heavy (non-hydrogen) atoms. The average molecular weight is 234 g/mol. The first-order chi connectivity index (χ1) is 8.27. The monoisotopic (exact) mass is 234 g/mol. The Morgan fingerprint density at radius 3 is 3.00 bits per heavy atom. The van der Waals surface area contributed by atoms with E-state index in [1.165, 1.54) is 12.8 Å². The van der Waals surface area contributed by atoms with Crippen molar-refractivity contribution in [3.63, 3.8) is 0 Å². The van der Waals surface area contributed by atoms with E-state index in [2.05, 4.69) is 11.4 Å². The van der Waals surface area contributed by atoms with Crippen molar-refractivity contribution in [2.45, 2.75) is 26.2 Å². The van der Waals surface area contributed by atoms with Crippen LogP contribution < -0.4 is 11.1 Å². The van der Waals surface area contributed by atoms with E-state index in [4.69, 9.17) is 10.5 Å². The van der Waals surface area contributed by atoms with E-state index in [0.29, 0.717) is 0 Å². The Bertz CT molecular complexity index is 361. The standard InChI is InChI=1S/C14H22N2O/c1-11-13(15)4-2-5-14(11)16-8-3-9-17-10-12-6-7-12/h2,4-5,12,16H,3,6-10,15H2,1H3. The van der Waals surface area contributed by atoms with Crippen molar-refractivity contribution in [2.24, 2.45) is 5.92 Å². The lowest BCUT2D eigenvalue weighted by Crippen LogP contribution is -2.08. The molecule has 0 amide bonds. The summed E-state index contributed by atoms with van der Waals surface area (Å²) in [6.07, 6.45) is 3.77. The summed E-state index contributed by atoms with van der Waals surface area (Å²) >= 11 is 0. The van der Waals surface area contributed by atoms with Gasteiger partial charge in [0.25, 0.3) is 0 Å². The molecule has 0 bridgehead atoms. The van der Waals surface area contributed by atoms with Crippen LogP contribution in [0.3, 0.4) is 0 Å². The highest BCUT2D eigenvalue weighted by Gasteiger charge is 2.20. The maximum absolute atomic E-state index is 5.85. The molecule has 1 saturated carbocycles. The summed E-state index contributed by atoms with van der Waals surface area (Å²) in [5.74, 6) is 0.860. The molecule has 0 aliphatic heterocycles. The van der Waals surface area contributed by atoms with E-state index in [1.54, 1.807) is 0 Å². The molecule has 0 heterocycles. The van der Waals surface area contributed by atoms with Gasteiger partial charge in [-0.1, -0.05) is 6.07 Å². The van der Waals surface area contributed by atoms with Gasteiger partial charge in [0.05, 0.1) is 0 Å². The van der Waals surface area contributed by atoms with E-state index in [1.807, 2.05) is 19.1 Å². The lowest BCUT2D eigenvalue weighted by atomic mass is 10.1. The van der Waals surface area contributed by atoms with Crippen molar-refractivity contribution < 1.29 is 4.74 Å². The van der Waals surface area contributed by atoms with Crippen molar-refractivity contribution in [1.82, 2.24) is 0 Å². The number of ether oxygens (including phenoxy) is 1. The fourth-order valence-electron chi connectivity index (χ4n) is 1.78. The molecule has 3 N–H and O–H groups in total. The smallest absolute Gasteiger partial charge is 0.0494 e. The molecule has 1 aliphatic carbocycles. The third kappa shape index (κ3) is 3.93. The molecule has 1 aromatic rings. The van der Waals surface area contributed by atoms with Crippen LogP contribution in [-0.2, 0) is 4.74 Å². The van der Waals surface area contributed by atoms with Crippen LogP contribution in [-0.4, -0.2) is 19.8 Å². The van der Waals surface area contributed by atoms with Crippen LogP contribution >= 0.6 is 0 Å². The summed E-state index contributed by atoms with van der Waals surface area (Å²) in [6.45, 7) is 4.79. The summed E-state index contributed by atoms with van der Waals surface area (Å²) in [7, 11) is 0. The predicted molar refractivity (Wildman–Crippen MR) is 72.2 cm³/mol. The Morgan fingerprint density at radius 1 is 1.41 bits per heavy atom. The minimum Gasteiger partial charge on any atom is -0.398 e. The second-order valence-corrected chi connectivity index (χ2v) is 4.82. The van der Waals surface area contributed by atoms with Crippen molar-refractivity contribution in [3.8, 4) is 0 Å². The average Bonchev–Trinajstić information content (AvgIpc) is 3.12. The normalized spacial score (nSPS) is 14.9. The SMILES string of the molecule is Cc1c(N)cccc1NCCCOCC1CC1. The highest BCUT2D eigenvalue weighted by molar-refractivity contribution is 5.62. The number of nitrogen functional groups attached to an aromatic ring is 1. The third-order valence-electron chi connectivity index (χ3n) is 3.21. The molecule has 1 fully saturated rings. The number of hydrogen-bond donors (Lipinski definition) is 2. The van der Waals surface area contributed by atoms with Gasteiger partial charge in [-0.05, 0) is 49.8 Å². The molecule has 1 aromatic carbocycles. The van der Waals surface area contributed by atoms with E-state index >= 15 is 0 Å². The summed E-state index contributed by atoms with van der Waals surface area (Å²) in [5, 5.41) is 3.40. The van der Waals surface area contributed by atoms with Crippen molar-refractivity contribution in [1.29, 1.82) is 0 Å². The maximum atomic E-state index is 5.85. The Hall–Kier alpha value is -1.22. The Labute approximate surface area is 103 Å². The van der Waals surface area contributed by atoms with Gasteiger partial charge < -0.3 is 15.8 Å². The first-order valence-corrected chi connectivity index (χ1v) is 6.44. The number of nitrogens with one attached hydrogen (secondary N) is 1. The number of rotatable bonds is 7. The molecule has 3 nitrogen and oxygen atoms in total. The topological polar surface area (TPSA) is 47.3 Å². The minimum atomic E-state index is 0.847. The van der Waals surface area contributed by atoms with Crippen LogP contribution in [0, 0.1) is 12.8 Å². The van der Waals surface area contributed by atoms with Gasteiger partial charge in [0.1, 0.15) is 0 Å². The highest BCUT2D eigenvalue weighted by Crippen LogP contribution is 2.28. The van der Waals surface area contributed by atoms with Gasteiger partial charge >= 0.3 is 0 Å². The fourth-order valence-corrected chi connectivity index (χ4v) is 1.78. The molecule has 0 spiro atoms. The molecule has 0 unspecified atom stereocenters. The van der Waals surface area contributed by atoms with Crippen molar-refractivity contribution >= 4 is 11.4 Å². The first kappa shape index (κ1) is 12.2. The Morgan fingerprint density at radius 2 is 2.24 bits per heavy atom. The van der Waals surface area contributed by atoms with Gasteiger partial charge in [0, 0.05) is 31.1 Å². The molecule has 0 radical (unpaired) electrons. The zero-order valence-corrected chi connectivity index (χ0v) is 10.5. The molecular weight excluding hydrogens is 212 g/mol. The lowest BCUT2D eigenvalue weighted by molar-refractivity contribution is 0.124. The largest absolute Gasteiger partial charge is 0.398 e. The van der Waals surface area contributed by atoms with Crippen LogP contribution in [0.25, 0.3) is 0 Å². The van der Waals surface area contributed by atoms with Crippen molar-refractivity contribution in [2.75, 3.05) is 30.8 Å². The Kier molecular flexibility index (Phi) is 4.26. The number of benzene rings is 1. The molecule has 0 saturated heterocycles. The molecule has 1 aliphatic rings. The Balaban J connectivity index is 1.61. The fraction of sp³-hybridized carbons (Fsp3) is 0.571. The summed E-state index contributed by atoms with van der Waals surface area (Å²) in [6, 6.07) is 5.98. The van der Waals surface area contributed by atoms with Gasteiger partial charge in [-0.25, -0.2) is 0 Å². The zero-order chi connectivity index (χ0) is 12.1. The summed E-state index contributed by atoms with van der Waals surface area (Å²) in [4.78, 5) is 0. The van der Waals surface area contributed by atoms with Gasteiger partial charge in [0.2, 0.25) is 0 Å². The third-order valence-corrected chi connectivity index (χ3v) is 3.21. The van der Waals surface area contributed by atoms with Crippen LogP contribution in [0.5, 0.6) is 0 Å². The van der Waals surface area contributed by atoms with Gasteiger partial charge in [-0.2, -0.15) is 0 Å². The molecule has 0 atom stereocenters. The minimum absolute atomic E-state index is 0.847. The molecule has 0 aromatic heterocycles. The van der Waals surface area contributed by atoms with E-state index < -0.39 is 0 Å². The predicted octanol–water partition coefficient (Wildman–Crippen LogP) is 2.81. The zero-order valence-electron chi connectivity index (χ0n) is 10.5. The van der Waals surface area contributed by atoms with E-state index in [9.17, 15) is 0 Å². The van der Waals surface area contributed by atoms with Gasteiger partial charge in [-0.3, -0.25) is 0 Å². The second-order valence-electron chi connectivity index (χ2n) is 4.82. The number of anilines is 2. The van der Waals surface area contributed by atoms with Gasteiger partial charge in [-0.15, -0.1) is 0 Å². The van der Waals surface area contributed by atoms with E-state index in [-0.39, 0.29) is 0 Å². The van der Waals surface area contributed by atoms with Crippen molar-refractivity contribution in [3.05, 3.63) is 23.8 Å². The first-order valence-electron chi connectivity index (χ1n) is 6.44. The summed E-state index contributed by atoms with van der Waals surface area (Å²) < 4.78 is 5.58. The molecule has 3 heteroatoms. The number of hydrogen-bond acceptors (Lipinski definition) is 3. The van der Waals surface area contributed by atoms with Crippen LogP contribution in [0.4, 0.5) is 11.4 Å². The maximum Gasteiger partial charge on any atom is 0.0494 e. The van der Waals surface area contributed by atoms with E-state index in [0.717, 1.165) is 49.0 Å². The van der Waals surface area contributed by atoms with Crippen LogP contribution in [0.15, 0.2) is 18.2 Å². The second kappa shape index (κ2) is 5.92. The van der Waals surface area contributed by atoms with Gasteiger partial charge in [0.15, 0.2) is 0 Å². The number of nitrogens with two attached hydrogens (primary N) is 1. The van der Waals surface area contributed by atoms with Crippen LogP contribution in [0.2, 0.25) is 0 Å².